The number of halogens is 1. The Kier molecular flexibility index (Phi) is 8.80. The first-order valence-electron chi connectivity index (χ1n) is 10.7. The fraction of sp³-hybridized carbons (Fsp3) is 0.682. The number of carbonyl (C=O) groups is 2. The Morgan fingerprint density at radius 1 is 1.25 bits per heavy atom. The van der Waals surface area contributed by atoms with Gasteiger partial charge in [-0.05, 0) is 25.0 Å². The maximum Gasteiger partial charge on any atom is 0.329 e. The van der Waals surface area contributed by atoms with E-state index < -0.39 is 29.7 Å². The van der Waals surface area contributed by atoms with Gasteiger partial charge in [0, 0.05) is 25.6 Å². The third-order valence-corrected chi connectivity index (χ3v) is 5.73. The van der Waals surface area contributed by atoms with Gasteiger partial charge < -0.3 is 29.5 Å². The van der Waals surface area contributed by atoms with Crippen LogP contribution in [0.25, 0.3) is 0 Å². The number of amides is 1. The molecule has 0 bridgehead atoms. The number of nitrogens with zero attached hydrogens (tertiary/aromatic N) is 2. The number of hydrogen-bond acceptors (Lipinski definition) is 7. The van der Waals surface area contributed by atoms with Crippen molar-refractivity contribution in [1.82, 2.24) is 10.3 Å². The first-order valence-corrected chi connectivity index (χ1v) is 10.7. The van der Waals surface area contributed by atoms with E-state index in [1.54, 1.807) is 33.1 Å². The second-order valence-corrected chi connectivity index (χ2v) is 8.74. The number of alkyl halides is 1. The number of aliphatic carboxylic acids is 1. The number of carboxylic acid groups (broad SMARTS) is 1. The van der Waals surface area contributed by atoms with Crippen molar-refractivity contribution in [3.8, 4) is 5.88 Å². The second kappa shape index (κ2) is 10.9. The van der Waals surface area contributed by atoms with E-state index in [1.165, 1.54) is 0 Å². The number of pyridine rings is 1. The SMILES string of the molecule is CCC(CC)(NC(=O)c1ccc(N2CC(OC)C2)c(OCC(C)(C)COCF)n1)C(=O)O. The largest absolute Gasteiger partial charge is 0.480 e. The summed E-state index contributed by atoms with van der Waals surface area (Å²) in [6.07, 6.45) is 0.576. The highest BCUT2D eigenvalue weighted by atomic mass is 19.1. The van der Waals surface area contributed by atoms with Crippen LogP contribution in [-0.4, -0.2) is 73.9 Å². The van der Waals surface area contributed by atoms with Crippen molar-refractivity contribution >= 4 is 17.6 Å². The lowest BCUT2D eigenvalue weighted by atomic mass is 9.92. The van der Waals surface area contributed by atoms with E-state index in [0.717, 1.165) is 0 Å². The minimum atomic E-state index is -1.37. The summed E-state index contributed by atoms with van der Waals surface area (Å²) in [5.74, 6) is -1.44. The van der Waals surface area contributed by atoms with E-state index in [2.05, 4.69) is 10.3 Å². The van der Waals surface area contributed by atoms with Crippen LogP contribution in [0.3, 0.4) is 0 Å². The normalized spacial score (nSPS) is 14.8. The summed E-state index contributed by atoms with van der Waals surface area (Å²) in [7, 11) is 1.65. The Labute approximate surface area is 188 Å². The summed E-state index contributed by atoms with van der Waals surface area (Å²) in [6.45, 7) is 7.92. The van der Waals surface area contributed by atoms with Crippen LogP contribution in [0, 0.1) is 5.41 Å². The molecular weight excluding hydrogens is 421 g/mol. The first kappa shape index (κ1) is 25.8. The highest BCUT2D eigenvalue weighted by Crippen LogP contribution is 2.32. The van der Waals surface area contributed by atoms with Crippen LogP contribution in [0.5, 0.6) is 5.88 Å². The highest BCUT2D eigenvalue weighted by Gasteiger charge is 2.37. The van der Waals surface area contributed by atoms with Gasteiger partial charge in [0.25, 0.3) is 5.91 Å². The van der Waals surface area contributed by atoms with Crippen LogP contribution in [0.1, 0.15) is 51.0 Å². The molecule has 1 saturated heterocycles. The van der Waals surface area contributed by atoms with Gasteiger partial charge in [-0.1, -0.05) is 27.7 Å². The third-order valence-electron chi connectivity index (χ3n) is 5.73. The first-order chi connectivity index (χ1) is 15.1. The Bertz CT molecular complexity index is 794. The zero-order valence-corrected chi connectivity index (χ0v) is 19.4. The molecule has 32 heavy (non-hydrogen) atoms. The molecule has 0 radical (unpaired) electrons. The Hall–Kier alpha value is -2.46. The standard InChI is InChI=1S/C22H34FN3O6/c1-6-22(7-2,20(28)29)25-18(27)16-8-9-17(26-10-15(11-26)30-5)19(24-16)32-13-21(3,4)12-31-14-23/h8-9,15H,6-7,10-14H2,1-5H3,(H,25,27)(H,28,29). The number of anilines is 1. The molecule has 1 aliphatic heterocycles. The van der Waals surface area contributed by atoms with Crippen molar-refractivity contribution in [2.75, 3.05) is 45.2 Å². The number of carboxylic acids is 1. The number of hydrogen-bond donors (Lipinski definition) is 2. The van der Waals surface area contributed by atoms with E-state index in [1.807, 2.05) is 18.7 Å². The minimum Gasteiger partial charge on any atom is -0.480 e. The molecule has 2 heterocycles. The highest BCUT2D eigenvalue weighted by molar-refractivity contribution is 5.96. The molecule has 2 N–H and O–H groups in total. The van der Waals surface area contributed by atoms with Crippen molar-refractivity contribution < 1.29 is 33.3 Å². The summed E-state index contributed by atoms with van der Waals surface area (Å²) >= 11 is 0. The summed E-state index contributed by atoms with van der Waals surface area (Å²) in [5.41, 5.74) is -1.10. The van der Waals surface area contributed by atoms with Gasteiger partial charge in [-0.15, -0.1) is 0 Å². The van der Waals surface area contributed by atoms with Gasteiger partial charge in [-0.2, -0.15) is 0 Å². The summed E-state index contributed by atoms with van der Waals surface area (Å²) in [5, 5.41) is 12.2. The van der Waals surface area contributed by atoms with E-state index >= 15 is 0 Å². The fourth-order valence-electron chi connectivity index (χ4n) is 3.37. The van der Waals surface area contributed by atoms with Gasteiger partial charge in [0.15, 0.2) is 6.86 Å². The monoisotopic (exact) mass is 455 g/mol. The van der Waals surface area contributed by atoms with Gasteiger partial charge in [0.1, 0.15) is 16.9 Å². The van der Waals surface area contributed by atoms with Crippen LogP contribution >= 0.6 is 0 Å². The van der Waals surface area contributed by atoms with Crippen molar-refractivity contribution in [1.29, 1.82) is 0 Å². The van der Waals surface area contributed by atoms with Crippen LogP contribution in [0.2, 0.25) is 0 Å². The number of methoxy groups -OCH3 is 1. The average molecular weight is 456 g/mol. The van der Waals surface area contributed by atoms with Crippen molar-refractivity contribution in [2.45, 2.75) is 52.2 Å². The Morgan fingerprint density at radius 2 is 1.91 bits per heavy atom. The lowest BCUT2D eigenvalue weighted by molar-refractivity contribution is -0.144. The topological polar surface area (TPSA) is 110 Å². The predicted octanol–water partition coefficient (Wildman–Crippen LogP) is 2.64. The number of rotatable bonds is 13. The van der Waals surface area contributed by atoms with Gasteiger partial charge in [0.2, 0.25) is 5.88 Å². The molecule has 0 saturated carbocycles. The maximum atomic E-state index is 12.9. The van der Waals surface area contributed by atoms with Crippen LogP contribution in [0.15, 0.2) is 12.1 Å². The van der Waals surface area contributed by atoms with Gasteiger partial charge in [-0.25, -0.2) is 14.2 Å². The predicted molar refractivity (Wildman–Crippen MR) is 117 cm³/mol. The molecule has 2 rings (SSSR count). The molecule has 0 atom stereocenters. The van der Waals surface area contributed by atoms with Gasteiger partial charge >= 0.3 is 5.97 Å². The molecule has 10 heteroatoms. The Balaban J connectivity index is 2.27. The number of aromatic nitrogens is 1. The lowest BCUT2D eigenvalue weighted by Crippen LogP contribution is -2.54. The lowest BCUT2D eigenvalue weighted by Gasteiger charge is -2.40. The molecule has 1 aromatic heterocycles. The zero-order valence-electron chi connectivity index (χ0n) is 19.4. The fourth-order valence-corrected chi connectivity index (χ4v) is 3.37. The number of carbonyl (C=O) groups excluding carboxylic acids is 1. The molecule has 180 valence electrons. The smallest absolute Gasteiger partial charge is 0.329 e. The zero-order chi connectivity index (χ0) is 23.9. The average Bonchev–Trinajstić information content (AvgIpc) is 2.74. The van der Waals surface area contributed by atoms with Crippen molar-refractivity contribution in [3.63, 3.8) is 0 Å². The number of ether oxygens (including phenoxy) is 3. The summed E-state index contributed by atoms with van der Waals surface area (Å²) in [4.78, 5) is 31.0. The van der Waals surface area contributed by atoms with E-state index in [9.17, 15) is 19.1 Å². The molecule has 0 aromatic carbocycles. The van der Waals surface area contributed by atoms with E-state index in [-0.39, 0.29) is 43.7 Å². The second-order valence-electron chi connectivity index (χ2n) is 8.74. The van der Waals surface area contributed by atoms with Crippen molar-refractivity contribution in [2.24, 2.45) is 5.41 Å². The summed E-state index contributed by atoms with van der Waals surface area (Å²) < 4.78 is 28.5. The number of nitrogens with one attached hydrogen (secondary N) is 1. The molecule has 0 aliphatic carbocycles. The van der Waals surface area contributed by atoms with E-state index in [0.29, 0.717) is 18.8 Å². The quantitative estimate of drug-likeness (QED) is 0.467. The Morgan fingerprint density at radius 3 is 2.44 bits per heavy atom. The molecular formula is C22H34FN3O6. The van der Waals surface area contributed by atoms with Gasteiger partial charge in [-0.3, -0.25) is 4.79 Å². The molecule has 1 fully saturated rings. The summed E-state index contributed by atoms with van der Waals surface area (Å²) in [6, 6.07) is 3.28. The van der Waals surface area contributed by atoms with Crippen molar-refractivity contribution in [3.05, 3.63) is 17.8 Å². The molecule has 9 nitrogen and oxygen atoms in total. The molecule has 1 amide bonds. The van der Waals surface area contributed by atoms with Gasteiger partial charge in [0.05, 0.1) is 19.3 Å². The van der Waals surface area contributed by atoms with E-state index in [4.69, 9.17) is 14.2 Å². The molecule has 0 spiro atoms. The molecule has 0 unspecified atom stereocenters. The molecule has 1 aromatic rings. The van der Waals surface area contributed by atoms with Crippen LogP contribution < -0.4 is 15.0 Å². The van der Waals surface area contributed by atoms with Crippen LogP contribution in [-0.2, 0) is 14.3 Å². The maximum absolute atomic E-state index is 12.9. The molecule has 1 aliphatic rings. The third kappa shape index (κ3) is 6.07. The van der Waals surface area contributed by atoms with Crippen LogP contribution in [0.4, 0.5) is 10.1 Å². The minimum absolute atomic E-state index is 0.0536.